The predicted molar refractivity (Wildman–Crippen MR) is 119 cm³/mol. The average Bonchev–Trinajstić information content (AvgIpc) is 3.25. The van der Waals surface area contributed by atoms with Crippen LogP contribution in [-0.4, -0.2) is 39.6 Å². The minimum atomic E-state index is -2.05. The summed E-state index contributed by atoms with van der Waals surface area (Å²) in [5.74, 6) is 1.13. The molecule has 0 aliphatic heterocycles. The third-order valence-corrected chi connectivity index (χ3v) is 5.40. The molecule has 3 aromatic heterocycles. The highest BCUT2D eigenvalue weighted by Gasteiger charge is 2.13. The summed E-state index contributed by atoms with van der Waals surface area (Å²) in [5, 5.41) is 9.55. The highest BCUT2D eigenvalue weighted by molar-refractivity contribution is 7.77. The van der Waals surface area contributed by atoms with Gasteiger partial charge < -0.3 is 4.57 Å². The van der Waals surface area contributed by atoms with Crippen molar-refractivity contribution < 1.29 is 8.76 Å². The van der Waals surface area contributed by atoms with Crippen molar-refractivity contribution >= 4 is 22.0 Å². The molecule has 1 atom stereocenters. The van der Waals surface area contributed by atoms with Gasteiger partial charge in [-0.1, -0.05) is 18.2 Å². The maximum Gasteiger partial charge on any atom is 0.264 e. The molecule has 0 aliphatic carbocycles. The molecule has 1 aromatic carbocycles. The Labute approximate surface area is 181 Å². The van der Waals surface area contributed by atoms with Crippen LogP contribution in [0.2, 0.25) is 0 Å². The molecule has 0 fully saturated rings. The fourth-order valence-electron chi connectivity index (χ4n) is 3.39. The lowest BCUT2D eigenvalue weighted by Crippen LogP contribution is -2.20. The summed E-state index contributed by atoms with van der Waals surface area (Å²) in [4.78, 5) is 17.9. The van der Waals surface area contributed by atoms with Crippen molar-refractivity contribution in [2.24, 2.45) is 0 Å². The van der Waals surface area contributed by atoms with Gasteiger partial charge in [-0.3, -0.25) is 13.9 Å². The molecule has 4 aromatic rings. The number of pyridine rings is 2. The van der Waals surface area contributed by atoms with E-state index >= 15 is 0 Å². The molecule has 0 aliphatic rings. The van der Waals surface area contributed by atoms with E-state index in [-0.39, 0.29) is 11.6 Å². The Morgan fingerprint density at radius 2 is 2.03 bits per heavy atom. The summed E-state index contributed by atoms with van der Waals surface area (Å²) in [6, 6.07) is 13.1. The lowest BCUT2D eigenvalue weighted by Gasteiger charge is -2.11. The first-order chi connectivity index (χ1) is 14.9. The molecule has 31 heavy (non-hydrogen) atoms. The zero-order chi connectivity index (χ0) is 22.0. The quantitative estimate of drug-likeness (QED) is 0.429. The second-order valence-corrected chi connectivity index (χ2v) is 8.13. The van der Waals surface area contributed by atoms with Crippen LogP contribution >= 0.6 is 0 Å². The highest BCUT2D eigenvalue weighted by atomic mass is 32.2. The lowest BCUT2D eigenvalue weighted by molar-refractivity contribution is 0.549. The molecule has 1 unspecified atom stereocenters. The molecule has 160 valence electrons. The zero-order valence-corrected chi connectivity index (χ0v) is 17.9. The summed E-state index contributed by atoms with van der Waals surface area (Å²) in [5.41, 5.74) is 1.34. The van der Waals surface area contributed by atoms with Crippen molar-refractivity contribution in [1.29, 1.82) is 0 Å². The summed E-state index contributed by atoms with van der Waals surface area (Å²) in [6.45, 7) is 4.40. The summed E-state index contributed by atoms with van der Waals surface area (Å²) < 4.78 is 25.5. The monoisotopic (exact) mass is 438 g/mol. The molecule has 10 heteroatoms. The van der Waals surface area contributed by atoms with Gasteiger partial charge in [0, 0.05) is 24.2 Å². The molecule has 2 N–H and O–H groups in total. The number of hydrogen-bond acceptors (Lipinski definition) is 5. The Morgan fingerprint density at radius 3 is 2.81 bits per heavy atom. The third-order valence-electron chi connectivity index (χ3n) is 4.95. The Balaban J connectivity index is 1.73. The SMILES string of the molecule is CC(C)n1cnnc1-c1cccc(-n2ccc3ccc(CCNS(=O)O)cc3c2=O)n1. The Hall–Kier alpha value is -3.21. The van der Waals surface area contributed by atoms with Crippen molar-refractivity contribution in [3.8, 4) is 17.3 Å². The van der Waals surface area contributed by atoms with Gasteiger partial charge in [0.05, 0.1) is 0 Å². The van der Waals surface area contributed by atoms with E-state index in [0.29, 0.717) is 35.7 Å². The number of aromatic nitrogens is 5. The Kier molecular flexibility index (Phi) is 6.03. The molecule has 0 saturated heterocycles. The van der Waals surface area contributed by atoms with Crippen LogP contribution in [0.5, 0.6) is 0 Å². The molecule has 4 rings (SSSR count). The van der Waals surface area contributed by atoms with E-state index in [1.165, 1.54) is 4.57 Å². The maximum absolute atomic E-state index is 13.2. The van der Waals surface area contributed by atoms with Gasteiger partial charge in [0.2, 0.25) is 11.3 Å². The van der Waals surface area contributed by atoms with Gasteiger partial charge >= 0.3 is 0 Å². The average molecular weight is 439 g/mol. The first-order valence-corrected chi connectivity index (χ1v) is 10.9. The molecule has 0 spiro atoms. The van der Waals surface area contributed by atoms with Crippen LogP contribution in [0, 0.1) is 0 Å². The third kappa shape index (κ3) is 4.46. The van der Waals surface area contributed by atoms with Gasteiger partial charge in [0.25, 0.3) is 5.56 Å². The minimum Gasteiger partial charge on any atom is -0.310 e. The molecule has 9 nitrogen and oxygen atoms in total. The van der Waals surface area contributed by atoms with Crippen molar-refractivity contribution in [2.45, 2.75) is 26.3 Å². The zero-order valence-electron chi connectivity index (χ0n) is 17.1. The van der Waals surface area contributed by atoms with E-state index in [2.05, 4.69) is 19.9 Å². The van der Waals surface area contributed by atoms with Crippen LogP contribution in [0.1, 0.15) is 25.5 Å². The first kappa shape index (κ1) is 21.0. The van der Waals surface area contributed by atoms with Gasteiger partial charge in [0.1, 0.15) is 17.8 Å². The summed E-state index contributed by atoms with van der Waals surface area (Å²) in [7, 11) is 0. The largest absolute Gasteiger partial charge is 0.310 e. The van der Waals surface area contributed by atoms with Crippen LogP contribution in [0.15, 0.2) is 59.8 Å². The molecular weight excluding hydrogens is 416 g/mol. The van der Waals surface area contributed by atoms with Gasteiger partial charge in [-0.25, -0.2) is 13.9 Å². The molecule has 0 bridgehead atoms. The van der Waals surface area contributed by atoms with Gasteiger partial charge in [-0.15, -0.1) is 10.2 Å². The topological polar surface area (TPSA) is 115 Å². The van der Waals surface area contributed by atoms with E-state index in [4.69, 9.17) is 4.55 Å². The molecule has 0 radical (unpaired) electrons. The normalized spacial score (nSPS) is 12.5. The van der Waals surface area contributed by atoms with E-state index < -0.39 is 11.3 Å². The van der Waals surface area contributed by atoms with Gasteiger partial charge in [0.15, 0.2) is 5.82 Å². The second-order valence-electron chi connectivity index (χ2n) is 7.34. The second kappa shape index (κ2) is 8.88. The maximum atomic E-state index is 13.2. The first-order valence-electron chi connectivity index (χ1n) is 9.80. The van der Waals surface area contributed by atoms with Crippen molar-refractivity contribution in [3.05, 3.63) is 70.9 Å². The van der Waals surface area contributed by atoms with Crippen LogP contribution in [-0.2, 0) is 17.7 Å². The summed E-state index contributed by atoms with van der Waals surface area (Å²) >= 11 is -2.05. The number of benzene rings is 1. The van der Waals surface area contributed by atoms with E-state index in [1.807, 2.05) is 54.8 Å². The van der Waals surface area contributed by atoms with E-state index in [9.17, 15) is 9.00 Å². The number of fused-ring (bicyclic) bond motifs is 1. The smallest absolute Gasteiger partial charge is 0.264 e. The Bertz CT molecular complexity index is 1310. The van der Waals surface area contributed by atoms with Crippen molar-refractivity contribution in [1.82, 2.24) is 29.0 Å². The summed E-state index contributed by atoms with van der Waals surface area (Å²) in [6.07, 6.45) is 3.90. The Morgan fingerprint density at radius 1 is 1.19 bits per heavy atom. The fraction of sp³-hybridized carbons (Fsp3) is 0.238. The van der Waals surface area contributed by atoms with Crippen LogP contribution in [0.25, 0.3) is 28.1 Å². The molecular formula is C21H22N6O3S. The standard InChI is InChI=1S/C21H22N6O3S/c1-14(2)27-13-22-25-20(27)18-4-3-5-19(24-18)26-11-9-16-7-6-15(8-10-23-31(29)30)12-17(16)21(26)28/h3-7,9,11-14,23H,8,10H2,1-2H3,(H,29,30). The lowest BCUT2D eigenvalue weighted by atomic mass is 10.1. The van der Waals surface area contributed by atoms with Crippen LogP contribution in [0.3, 0.4) is 0 Å². The van der Waals surface area contributed by atoms with Gasteiger partial charge in [-0.05, 0) is 55.5 Å². The predicted octanol–water partition coefficient (Wildman–Crippen LogP) is 2.49. The van der Waals surface area contributed by atoms with Crippen LogP contribution < -0.4 is 10.3 Å². The van der Waals surface area contributed by atoms with E-state index in [1.54, 1.807) is 18.6 Å². The number of rotatable bonds is 7. The number of nitrogens with one attached hydrogen (secondary N) is 1. The van der Waals surface area contributed by atoms with E-state index in [0.717, 1.165) is 10.9 Å². The molecule has 0 saturated carbocycles. The van der Waals surface area contributed by atoms with Crippen LogP contribution in [0.4, 0.5) is 0 Å². The minimum absolute atomic E-state index is 0.176. The number of nitrogens with zero attached hydrogens (tertiary/aromatic N) is 5. The highest BCUT2D eigenvalue weighted by Crippen LogP contribution is 2.20. The van der Waals surface area contributed by atoms with Crippen molar-refractivity contribution in [2.75, 3.05) is 6.54 Å². The molecule has 0 amide bonds. The fourth-order valence-corrected chi connectivity index (χ4v) is 3.67. The number of hydrogen-bond donors (Lipinski definition) is 2. The molecule has 3 heterocycles. The van der Waals surface area contributed by atoms with Crippen molar-refractivity contribution in [3.63, 3.8) is 0 Å². The van der Waals surface area contributed by atoms with Gasteiger partial charge in [-0.2, -0.15) is 0 Å².